The molecule has 0 aliphatic carbocycles. The Balaban J connectivity index is 1.62. The van der Waals surface area contributed by atoms with E-state index in [2.05, 4.69) is 0 Å². The first-order valence-electron chi connectivity index (χ1n) is 13.3. The fourth-order valence-electron chi connectivity index (χ4n) is 5.82. The van der Waals surface area contributed by atoms with Crippen LogP contribution >= 0.6 is 0 Å². The molecule has 1 unspecified atom stereocenters. The fraction of sp³-hybridized carbons (Fsp3) is 0.265. The third-order valence-corrected chi connectivity index (χ3v) is 7.89. The van der Waals surface area contributed by atoms with Crippen molar-refractivity contribution in [3.05, 3.63) is 150 Å². The summed E-state index contributed by atoms with van der Waals surface area (Å²) >= 11 is 0. The van der Waals surface area contributed by atoms with Crippen molar-refractivity contribution >= 4 is 0 Å². The molecule has 1 aliphatic rings. The van der Waals surface area contributed by atoms with Gasteiger partial charge in [-0.3, -0.25) is 0 Å². The lowest BCUT2D eigenvalue weighted by Gasteiger charge is -2.59. The van der Waals surface area contributed by atoms with Crippen molar-refractivity contribution in [1.82, 2.24) is 0 Å². The van der Waals surface area contributed by atoms with Crippen molar-refractivity contribution in [3.8, 4) is 0 Å². The number of aliphatic hydroxyl groups excluding tert-OH is 1. The monoisotopic (exact) mass is 523 g/mol. The van der Waals surface area contributed by atoms with E-state index >= 15 is 0 Å². The molecule has 1 saturated heterocycles. The van der Waals surface area contributed by atoms with Gasteiger partial charge in [0.25, 0.3) is 0 Å². The molecule has 1 fully saturated rings. The average Bonchev–Trinajstić information content (AvgIpc) is 2.94. The van der Waals surface area contributed by atoms with Gasteiger partial charge in [0.05, 0.1) is 6.10 Å². The molecule has 5 atom stereocenters. The molecular weight excluding hydrogens is 488 g/mol. The number of hydrogen-bond acceptors (Lipinski definition) is 5. The van der Waals surface area contributed by atoms with Crippen LogP contribution in [0.15, 0.2) is 121 Å². The SMILES string of the molecule is OC(Cc1ccccc1)[C@H]1O[CH][C@](O)(Cc2ccccc2)[C@](O)(Cc2ccccc2)[C@@]1(O)Cc1ccccc1. The van der Waals surface area contributed by atoms with Crippen LogP contribution in [0, 0.1) is 6.61 Å². The van der Waals surface area contributed by atoms with Crippen molar-refractivity contribution in [3.63, 3.8) is 0 Å². The van der Waals surface area contributed by atoms with Gasteiger partial charge >= 0.3 is 0 Å². The lowest BCUT2D eigenvalue weighted by molar-refractivity contribution is -0.323. The summed E-state index contributed by atoms with van der Waals surface area (Å²) in [6.45, 7) is 1.22. The van der Waals surface area contributed by atoms with Crippen molar-refractivity contribution in [1.29, 1.82) is 0 Å². The van der Waals surface area contributed by atoms with Crippen molar-refractivity contribution in [2.75, 3.05) is 0 Å². The Morgan fingerprint density at radius 1 is 0.564 bits per heavy atom. The summed E-state index contributed by atoms with van der Waals surface area (Å²) in [5.74, 6) is 0. The molecular formula is C34H35O5. The molecule has 1 radical (unpaired) electrons. The predicted octanol–water partition coefficient (Wildman–Crippen LogP) is 4.07. The molecule has 0 saturated carbocycles. The summed E-state index contributed by atoms with van der Waals surface area (Å²) in [5.41, 5.74) is -3.05. The Hall–Kier alpha value is -3.32. The Morgan fingerprint density at radius 2 is 0.974 bits per heavy atom. The standard InChI is InChI=1S/C34H35O5/c35-30(21-26-13-5-1-6-14-26)31-33(37,23-28-17-9-3-10-18-28)34(38,24-29-19-11-4-12-20-29)32(36,25-39-31)22-27-15-7-2-8-16-27/h1-20,25,30-31,35-38H,21-24H2/t30?,31-,32-,33-,34-/m1/s1. The summed E-state index contributed by atoms with van der Waals surface area (Å²) in [6.07, 6.45) is -2.28. The number of rotatable bonds is 9. The Morgan fingerprint density at radius 3 is 1.46 bits per heavy atom. The van der Waals surface area contributed by atoms with E-state index in [9.17, 15) is 20.4 Å². The molecule has 5 heteroatoms. The van der Waals surface area contributed by atoms with Gasteiger partial charge in [-0.25, -0.2) is 0 Å². The summed E-state index contributed by atoms with van der Waals surface area (Å²) < 4.78 is 6.09. The number of ether oxygens (including phenoxy) is 1. The molecule has 4 aromatic carbocycles. The van der Waals surface area contributed by atoms with Crippen LogP contribution in [-0.4, -0.2) is 49.4 Å². The van der Waals surface area contributed by atoms with Crippen LogP contribution in [0.3, 0.4) is 0 Å². The minimum absolute atomic E-state index is 0.00970. The lowest BCUT2D eigenvalue weighted by Crippen LogP contribution is -2.79. The van der Waals surface area contributed by atoms with Gasteiger partial charge in [-0.2, -0.15) is 0 Å². The van der Waals surface area contributed by atoms with Gasteiger partial charge < -0.3 is 25.2 Å². The van der Waals surface area contributed by atoms with Gasteiger partial charge in [0, 0.05) is 25.7 Å². The number of aliphatic hydroxyl groups is 4. The molecule has 5 nitrogen and oxygen atoms in total. The van der Waals surface area contributed by atoms with E-state index in [4.69, 9.17) is 4.74 Å². The Labute approximate surface area is 230 Å². The molecule has 0 bridgehead atoms. The van der Waals surface area contributed by atoms with Crippen LogP contribution in [-0.2, 0) is 30.4 Å². The van der Waals surface area contributed by atoms with Crippen LogP contribution in [0.1, 0.15) is 22.3 Å². The summed E-state index contributed by atoms with van der Waals surface area (Å²) in [7, 11) is 0. The largest absolute Gasteiger partial charge is 0.390 e. The normalized spacial score (nSPS) is 27.6. The van der Waals surface area contributed by atoms with Gasteiger partial charge in [-0.15, -0.1) is 0 Å². The molecule has 0 aromatic heterocycles. The zero-order valence-corrected chi connectivity index (χ0v) is 21.8. The lowest BCUT2D eigenvalue weighted by atomic mass is 9.59. The Kier molecular flexibility index (Phi) is 7.98. The zero-order valence-electron chi connectivity index (χ0n) is 21.8. The maximum absolute atomic E-state index is 12.7. The van der Waals surface area contributed by atoms with E-state index in [-0.39, 0.29) is 25.7 Å². The first-order valence-corrected chi connectivity index (χ1v) is 13.3. The van der Waals surface area contributed by atoms with E-state index in [1.807, 2.05) is 121 Å². The third kappa shape index (κ3) is 5.55. The topological polar surface area (TPSA) is 90.2 Å². The molecule has 5 rings (SSSR count). The van der Waals surface area contributed by atoms with Crippen LogP contribution in [0.4, 0.5) is 0 Å². The molecule has 4 N–H and O–H groups in total. The van der Waals surface area contributed by atoms with Gasteiger partial charge in [0.15, 0.2) is 0 Å². The van der Waals surface area contributed by atoms with Crippen LogP contribution in [0.25, 0.3) is 0 Å². The summed E-state index contributed by atoms with van der Waals surface area (Å²) in [5, 5.41) is 49.2. The highest BCUT2D eigenvalue weighted by atomic mass is 16.5. The van der Waals surface area contributed by atoms with Crippen molar-refractivity contribution < 1.29 is 25.2 Å². The van der Waals surface area contributed by atoms with Crippen molar-refractivity contribution in [2.24, 2.45) is 0 Å². The minimum Gasteiger partial charge on any atom is -0.390 e. The second kappa shape index (κ2) is 11.4. The highest BCUT2D eigenvalue weighted by Gasteiger charge is 2.69. The smallest absolute Gasteiger partial charge is 0.132 e. The maximum Gasteiger partial charge on any atom is 0.132 e. The first-order chi connectivity index (χ1) is 18.8. The second-order valence-electron chi connectivity index (χ2n) is 10.6. The van der Waals surface area contributed by atoms with Gasteiger partial charge in [0.1, 0.15) is 29.5 Å². The maximum atomic E-state index is 12.7. The molecule has 4 aromatic rings. The van der Waals surface area contributed by atoms with Gasteiger partial charge in [-0.1, -0.05) is 121 Å². The first kappa shape index (κ1) is 27.3. The zero-order chi connectivity index (χ0) is 27.3. The van der Waals surface area contributed by atoms with Crippen LogP contribution < -0.4 is 0 Å². The predicted molar refractivity (Wildman–Crippen MR) is 151 cm³/mol. The molecule has 0 amide bonds. The quantitative estimate of drug-likeness (QED) is 0.266. The molecule has 0 spiro atoms. The Bertz CT molecular complexity index is 1320. The van der Waals surface area contributed by atoms with E-state index < -0.39 is 29.0 Å². The number of benzene rings is 4. The highest BCUT2D eigenvalue weighted by Crippen LogP contribution is 2.49. The summed E-state index contributed by atoms with van der Waals surface area (Å²) in [4.78, 5) is 0. The van der Waals surface area contributed by atoms with E-state index in [1.165, 1.54) is 6.61 Å². The summed E-state index contributed by atoms with van der Waals surface area (Å²) in [6, 6.07) is 37.4. The number of hydrogen-bond donors (Lipinski definition) is 4. The van der Waals surface area contributed by atoms with Crippen LogP contribution in [0.2, 0.25) is 0 Å². The average molecular weight is 524 g/mol. The molecule has 39 heavy (non-hydrogen) atoms. The highest BCUT2D eigenvalue weighted by molar-refractivity contribution is 5.34. The van der Waals surface area contributed by atoms with E-state index in [0.717, 1.165) is 22.3 Å². The van der Waals surface area contributed by atoms with Crippen molar-refractivity contribution in [2.45, 2.75) is 54.7 Å². The van der Waals surface area contributed by atoms with E-state index in [0.29, 0.717) is 0 Å². The minimum atomic E-state index is -2.13. The van der Waals surface area contributed by atoms with Gasteiger partial charge in [-0.05, 0) is 22.3 Å². The van der Waals surface area contributed by atoms with Crippen LogP contribution in [0.5, 0.6) is 0 Å². The molecule has 1 heterocycles. The third-order valence-electron chi connectivity index (χ3n) is 7.89. The molecule has 1 aliphatic heterocycles. The van der Waals surface area contributed by atoms with Gasteiger partial charge in [0.2, 0.25) is 0 Å². The fourth-order valence-corrected chi connectivity index (χ4v) is 5.82. The molecule has 201 valence electrons. The second-order valence-corrected chi connectivity index (χ2v) is 10.6. The van der Waals surface area contributed by atoms with E-state index in [1.54, 1.807) is 0 Å².